The average Bonchev–Trinajstić information content (AvgIpc) is 3.08. The topological polar surface area (TPSA) is 98.0 Å². The van der Waals surface area contributed by atoms with Gasteiger partial charge in [-0.2, -0.15) is 0 Å². The molecule has 0 spiro atoms. The van der Waals surface area contributed by atoms with E-state index in [2.05, 4.69) is 4.99 Å². The number of carbonyl (C=O) groups excluding carboxylic acids is 1. The van der Waals surface area contributed by atoms with Gasteiger partial charge < -0.3 is 9.84 Å². The van der Waals surface area contributed by atoms with Crippen LogP contribution in [0, 0.1) is 0 Å². The highest BCUT2D eigenvalue weighted by molar-refractivity contribution is 7.07. The zero-order valence-corrected chi connectivity index (χ0v) is 18.3. The van der Waals surface area contributed by atoms with Crippen molar-refractivity contribution in [1.82, 2.24) is 4.57 Å². The molecule has 2 aromatic carbocycles. The number of carboxylic acids is 1. The van der Waals surface area contributed by atoms with Crippen LogP contribution < -0.4 is 14.9 Å². The summed E-state index contributed by atoms with van der Waals surface area (Å²) in [5, 5.41) is 9.07. The molecule has 0 radical (unpaired) electrons. The molecule has 0 unspecified atom stereocenters. The van der Waals surface area contributed by atoms with Crippen LogP contribution in [0.2, 0.25) is 0 Å². The molecule has 162 valence electrons. The molecule has 0 aliphatic carbocycles. The monoisotopic (exact) mass is 448 g/mol. The van der Waals surface area contributed by atoms with Crippen molar-refractivity contribution < 1.29 is 19.4 Å². The number of carboxylic acid groups (broad SMARTS) is 1. The Bertz CT molecular complexity index is 1400. The predicted molar refractivity (Wildman–Crippen MR) is 120 cm³/mol. The third-order valence-corrected chi connectivity index (χ3v) is 6.07. The van der Waals surface area contributed by atoms with Crippen molar-refractivity contribution in [2.75, 3.05) is 6.61 Å². The second kappa shape index (κ2) is 8.76. The maximum absolute atomic E-state index is 13.4. The summed E-state index contributed by atoms with van der Waals surface area (Å²) in [6, 6.07) is 14.9. The number of aromatic carboxylic acids is 1. The molecular formula is C24H20N2O5S. The molecule has 32 heavy (non-hydrogen) atoms. The van der Waals surface area contributed by atoms with Crippen LogP contribution >= 0.6 is 11.3 Å². The quantitative estimate of drug-likeness (QED) is 0.605. The number of hydrogen-bond acceptors (Lipinski definition) is 6. The third kappa shape index (κ3) is 3.92. The lowest BCUT2D eigenvalue weighted by atomic mass is 9.96. The van der Waals surface area contributed by atoms with Crippen molar-refractivity contribution in [2.45, 2.75) is 19.9 Å². The number of aromatic nitrogens is 1. The molecule has 0 fully saturated rings. The van der Waals surface area contributed by atoms with E-state index in [0.717, 1.165) is 5.56 Å². The summed E-state index contributed by atoms with van der Waals surface area (Å²) >= 11 is 1.22. The largest absolute Gasteiger partial charge is 0.478 e. The van der Waals surface area contributed by atoms with E-state index in [-0.39, 0.29) is 17.7 Å². The lowest BCUT2D eigenvalue weighted by Crippen LogP contribution is -2.39. The summed E-state index contributed by atoms with van der Waals surface area (Å²) in [7, 11) is 0. The van der Waals surface area contributed by atoms with Crippen LogP contribution in [0.3, 0.4) is 0 Å². The first kappa shape index (κ1) is 21.5. The predicted octanol–water partition coefficient (Wildman–Crippen LogP) is 2.50. The van der Waals surface area contributed by atoms with Gasteiger partial charge in [0.05, 0.1) is 34.0 Å². The van der Waals surface area contributed by atoms with E-state index in [1.165, 1.54) is 28.0 Å². The van der Waals surface area contributed by atoms with E-state index in [1.54, 1.807) is 32.1 Å². The number of benzene rings is 2. The first-order chi connectivity index (χ1) is 15.4. The number of nitrogens with zero attached hydrogens (tertiary/aromatic N) is 2. The summed E-state index contributed by atoms with van der Waals surface area (Å²) in [5.41, 5.74) is 2.21. The van der Waals surface area contributed by atoms with Gasteiger partial charge in [0.2, 0.25) is 0 Å². The summed E-state index contributed by atoms with van der Waals surface area (Å²) in [6.07, 6.45) is 1.70. The third-order valence-electron chi connectivity index (χ3n) is 5.09. The molecule has 1 N–H and O–H groups in total. The molecule has 0 bridgehead atoms. The van der Waals surface area contributed by atoms with Gasteiger partial charge in [0.1, 0.15) is 0 Å². The highest BCUT2D eigenvalue weighted by atomic mass is 32.1. The van der Waals surface area contributed by atoms with Crippen molar-refractivity contribution in [3.05, 3.63) is 102 Å². The molecule has 0 saturated carbocycles. The number of thiazole rings is 1. The highest BCUT2D eigenvalue weighted by Crippen LogP contribution is 2.30. The number of ether oxygens (including phenoxy) is 1. The second-order valence-electron chi connectivity index (χ2n) is 7.14. The second-order valence-corrected chi connectivity index (χ2v) is 8.15. The molecule has 1 aromatic heterocycles. The molecule has 0 amide bonds. The Hall–Kier alpha value is -3.78. The number of carbonyl (C=O) groups is 2. The minimum atomic E-state index is -1.01. The minimum Gasteiger partial charge on any atom is -0.478 e. The molecule has 4 rings (SSSR count). The molecular weight excluding hydrogens is 428 g/mol. The van der Waals surface area contributed by atoms with Gasteiger partial charge in [0, 0.05) is 0 Å². The minimum absolute atomic E-state index is 0.169. The average molecular weight is 449 g/mol. The Morgan fingerprint density at radius 1 is 1.16 bits per heavy atom. The van der Waals surface area contributed by atoms with E-state index in [4.69, 9.17) is 9.84 Å². The highest BCUT2D eigenvalue weighted by Gasteiger charge is 2.33. The van der Waals surface area contributed by atoms with Crippen molar-refractivity contribution >= 4 is 29.4 Å². The van der Waals surface area contributed by atoms with Gasteiger partial charge in [-0.25, -0.2) is 14.6 Å². The Morgan fingerprint density at radius 2 is 1.84 bits per heavy atom. The van der Waals surface area contributed by atoms with Gasteiger partial charge in [0.25, 0.3) is 5.56 Å². The standard InChI is InChI=1S/C24H20N2O5S/c1-3-31-23(30)19-14(2)25-24-26(20(19)16-7-5-4-6-8-16)21(27)18(32-24)13-15-9-11-17(12-10-15)22(28)29/h4-13,20H,3H2,1-2H3,(H,28,29)/b18-13+/t20-/m0/s1. The molecule has 1 aliphatic heterocycles. The fourth-order valence-corrected chi connectivity index (χ4v) is 4.66. The van der Waals surface area contributed by atoms with E-state index in [1.807, 2.05) is 30.3 Å². The number of hydrogen-bond donors (Lipinski definition) is 1. The number of rotatable bonds is 5. The first-order valence-corrected chi connectivity index (χ1v) is 10.8. The summed E-state index contributed by atoms with van der Waals surface area (Å²) in [4.78, 5) is 42.3. The number of allylic oxidation sites excluding steroid dienone is 1. The van der Waals surface area contributed by atoms with Crippen LogP contribution in [0.15, 0.2) is 75.7 Å². The molecule has 3 aromatic rings. The van der Waals surface area contributed by atoms with Crippen LogP contribution in [0.4, 0.5) is 0 Å². The lowest BCUT2D eigenvalue weighted by molar-refractivity contribution is -0.139. The van der Waals surface area contributed by atoms with E-state index >= 15 is 0 Å². The zero-order chi connectivity index (χ0) is 22.8. The zero-order valence-electron chi connectivity index (χ0n) is 17.4. The van der Waals surface area contributed by atoms with Crippen molar-refractivity contribution in [3.8, 4) is 0 Å². The molecule has 0 saturated heterocycles. The summed E-state index contributed by atoms with van der Waals surface area (Å²) < 4.78 is 7.23. The lowest BCUT2D eigenvalue weighted by Gasteiger charge is -2.24. The van der Waals surface area contributed by atoms with Crippen LogP contribution in [0.1, 0.15) is 41.4 Å². The van der Waals surface area contributed by atoms with Crippen molar-refractivity contribution in [1.29, 1.82) is 0 Å². The molecule has 7 nitrogen and oxygen atoms in total. The van der Waals surface area contributed by atoms with Crippen LogP contribution in [0.25, 0.3) is 6.08 Å². The fraction of sp³-hybridized carbons (Fsp3) is 0.167. The van der Waals surface area contributed by atoms with Gasteiger partial charge in [-0.05, 0) is 43.2 Å². The Kier molecular flexibility index (Phi) is 5.87. The van der Waals surface area contributed by atoms with Crippen molar-refractivity contribution in [3.63, 3.8) is 0 Å². The van der Waals surface area contributed by atoms with E-state index in [0.29, 0.717) is 26.2 Å². The van der Waals surface area contributed by atoms with Crippen LogP contribution in [0.5, 0.6) is 0 Å². The smallest absolute Gasteiger partial charge is 0.338 e. The molecule has 8 heteroatoms. The van der Waals surface area contributed by atoms with Gasteiger partial charge in [-0.3, -0.25) is 9.36 Å². The number of esters is 1. The van der Waals surface area contributed by atoms with Crippen molar-refractivity contribution in [2.24, 2.45) is 4.99 Å². The number of fused-ring (bicyclic) bond motifs is 1. The maximum Gasteiger partial charge on any atom is 0.338 e. The Labute approximate surface area is 187 Å². The molecule has 1 atom stereocenters. The Balaban J connectivity index is 1.90. The Morgan fingerprint density at radius 3 is 2.47 bits per heavy atom. The SMILES string of the molecule is CCOC(=O)C1=C(C)N=c2s/c(=C/c3ccc(C(=O)O)cc3)c(=O)n2[C@H]1c1ccccc1. The fourth-order valence-electron chi connectivity index (χ4n) is 3.62. The maximum atomic E-state index is 13.4. The van der Waals surface area contributed by atoms with Gasteiger partial charge >= 0.3 is 11.9 Å². The molecule has 1 aliphatic rings. The van der Waals surface area contributed by atoms with Gasteiger partial charge in [-0.15, -0.1) is 0 Å². The summed E-state index contributed by atoms with van der Waals surface area (Å²) in [5.74, 6) is -1.51. The van der Waals surface area contributed by atoms with Gasteiger partial charge in [0.15, 0.2) is 4.80 Å². The van der Waals surface area contributed by atoms with E-state index < -0.39 is 18.0 Å². The van der Waals surface area contributed by atoms with Crippen LogP contribution in [-0.2, 0) is 9.53 Å². The summed E-state index contributed by atoms with van der Waals surface area (Å²) in [6.45, 7) is 3.69. The van der Waals surface area contributed by atoms with Gasteiger partial charge in [-0.1, -0.05) is 53.8 Å². The van der Waals surface area contributed by atoms with E-state index in [9.17, 15) is 14.4 Å². The molecule has 2 heterocycles. The van der Waals surface area contributed by atoms with Crippen LogP contribution in [-0.4, -0.2) is 28.2 Å². The first-order valence-electron chi connectivity index (χ1n) is 9.98. The normalized spacial score (nSPS) is 15.8.